The fourth-order valence-electron chi connectivity index (χ4n) is 1.63. The van der Waals surface area contributed by atoms with Crippen LogP contribution in [0.5, 0.6) is 0 Å². The third kappa shape index (κ3) is 2.01. The van der Waals surface area contributed by atoms with Crippen molar-refractivity contribution in [2.45, 2.75) is 0 Å². The summed E-state index contributed by atoms with van der Waals surface area (Å²) in [5.74, 6) is 0.326. The molecule has 1 aliphatic rings. The fraction of sp³-hybridized carbons (Fsp3) is 0.0833. The van der Waals surface area contributed by atoms with Gasteiger partial charge < -0.3 is 0 Å². The lowest BCUT2D eigenvalue weighted by atomic mass is 10.2. The number of hydrazone groups is 1. The molecule has 0 unspecified atom stereocenters. The van der Waals surface area contributed by atoms with Crippen LogP contribution in [-0.4, -0.2) is 21.7 Å². The lowest BCUT2D eigenvalue weighted by Crippen LogP contribution is -2.26. The van der Waals surface area contributed by atoms with E-state index in [0.717, 1.165) is 21.6 Å². The van der Waals surface area contributed by atoms with Gasteiger partial charge in [0, 0.05) is 5.39 Å². The van der Waals surface area contributed by atoms with Crippen LogP contribution >= 0.6 is 11.8 Å². The molecule has 1 amide bonds. The highest BCUT2D eigenvalue weighted by Gasteiger charge is 2.15. The van der Waals surface area contributed by atoms with Crippen molar-refractivity contribution in [3.05, 3.63) is 42.1 Å². The number of benzene rings is 1. The normalized spacial score (nSPS) is 15.5. The SMILES string of the molecule is O=C1CSC(c2ccc3ccccc3n2)=NN1. The van der Waals surface area contributed by atoms with E-state index in [-0.39, 0.29) is 5.91 Å². The van der Waals surface area contributed by atoms with Gasteiger partial charge in [-0.15, -0.1) is 0 Å². The van der Waals surface area contributed by atoms with Crippen LogP contribution in [0.25, 0.3) is 10.9 Å². The Bertz CT molecular complexity index is 624. The third-order valence-corrected chi connectivity index (χ3v) is 3.42. The van der Waals surface area contributed by atoms with Crippen LogP contribution < -0.4 is 5.43 Å². The largest absolute Gasteiger partial charge is 0.272 e. The number of hydrogen-bond acceptors (Lipinski definition) is 4. The molecule has 0 saturated heterocycles. The molecule has 0 radical (unpaired) electrons. The van der Waals surface area contributed by atoms with Crippen LogP contribution in [0.15, 0.2) is 41.5 Å². The highest BCUT2D eigenvalue weighted by Crippen LogP contribution is 2.18. The Morgan fingerprint density at radius 1 is 1.18 bits per heavy atom. The van der Waals surface area contributed by atoms with Crippen molar-refractivity contribution in [3.63, 3.8) is 0 Å². The molecule has 2 aromatic rings. The Kier molecular flexibility index (Phi) is 2.53. The van der Waals surface area contributed by atoms with E-state index in [1.54, 1.807) is 0 Å². The molecule has 1 aromatic heterocycles. The van der Waals surface area contributed by atoms with Crippen molar-refractivity contribution < 1.29 is 4.79 Å². The van der Waals surface area contributed by atoms with Gasteiger partial charge in [0.25, 0.3) is 5.91 Å². The lowest BCUT2D eigenvalue weighted by molar-refractivity contribution is -0.118. The summed E-state index contributed by atoms with van der Waals surface area (Å²) in [5.41, 5.74) is 4.20. The molecule has 0 saturated carbocycles. The maximum Gasteiger partial charge on any atom is 0.250 e. The maximum atomic E-state index is 11.0. The van der Waals surface area contributed by atoms with Crippen LogP contribution in [0.3, 0.4) is 0 Å². The van der Waals surface area contributed by atoms with Gasteiger partial charge in [-0.1, -0.05) is 36.0 Å². The summed E-state index contributed by atoms with van der Waals surface area (Å²) in [6.45, 7) is 0. The predicted octanol–water partition coefficient (Wildman–Crippen LogP) is 1.76. The molecule has 0 aliphatic carbocycles. The molecule has 0 fully saturated rings. The molecule has 17 heavy (non-hydrogen) atoms. The number of nitrogens with zero attached hydrogens (tertiary/aromatic N) is 2. The summed E-state index contributed by atoms with van der Waals surface area (Å²) in [4.78, 5) is 15.5. The molecule has 0 atom stereocenters. The van der Waals surface area contributed by atoms with E-state index in [9.17, 15) is 4.79 Å². The average Bonchev–Trinajstić information content (AvgIpc) is 2.39. The molecule has 1 N–H and O–H groups in total. The molecular formula is C12H9N3OS. The Labute approximate surface area is 102 Å². The first-order chi connectivity index (χ1) is 8.33. The minimum Gasteiger partial charge on any atom is -0.272 e. The molecule has 1 aliphatic heterocycles. The van der Waals surface area contributed by atoms with Gasteiger partial charge in [-0.25, -0.2) is 10.4 Å². The van der Waals surface area contributed by atoms with E-state index in [2.05, 4.69) is 15.5 Å². The van der Waals surface area contributed by atoms with Crippen molar-refractivity contribution in [2.75, 3.05) is 5.75 Å². The topological polar surface area (TPSA) is 54.4 Å². The maximum absolute atomic E-state index is 11.0. The highest BCUT2D eigenvalue weighted by atomic mass is 32.2. The zero-order valence-electron chi connectivity index (χ0n) is 8.88. The van der Waals surface area contributed by atoms with Gasteiger partial charge in [0.15, 0.2) is 0 Å². The second kappa shape index (κ2) is 4.18. The number of fused-ring (bicyclic) bond motifs is 1. The van der Waals surface area contributed by atoms with Gasteiger partial charge in [0.1, 0.15) is 5.04 Å². The minimum absolute atomic E-state index is 0.0699. The minimum atomic E-state index is -0.0699. The lowest BCUT2D eigenvalue weighted by Gasteiger charge is -2.11. The fourth-order valence-corrected chi connectivity index (χ4v) is 2.33. The quantitative estimate of drug-likeness (QED) is 0.830. The van der Waals surface area contributed by atoms with Gasteiger partial charge >= 0.3 is 0 Å². The van der Waals surface area contributed by atoms with Crippen molar-refractivity contribution in [1.29, 1.82) is 0 Å². The Morgan fingerprint density at radius 2 is 2.06 bits per heavy atom. The van der Waals surface area contributed by atoms with Crippen molar-refractivity contribution in [2.24, 2.45) is 5.10 Å². The van der Waals surface area contributed by atoms with Gasteiger partial charge in [-0.05, 0) is 12.1 Å². The van der Waals surface area contributed by atoms with Crippen molar-refractivity contribution >= 4 is 33.6 Å². The summed E-state index contributed by atoms with van der Waals surface area (Å²) in [5, 5.41) is 5.86. The number of para-hydroxylation sites is 1. The molecule has 2 heterocycles. The smallest absolute Gasteiger partial charge is 0.250 e. The first kappa shape index (κ1) is 10.3. The highest BCUT2D eigenvalue weighted by molar-refractivity contribution is 8.15. The molecule has 4 nitrogen and oxygen atoms in total. The van der Waals surface area contributed by atoms with Crippen LogP contribution in [0.4, 0.5) is 0 Å². The number of carbonyl (C=O) groups excluding carboxylic acids is 1. The number of thioether (sulfide) groups is 1. The van der Waals surface area contributed by atoms with Crippen LogP contribution in [-0.2, 0) is 4.79 Å². The van der Waals surface area contributed by atoms with E-state index in [1.807, 2.05) is 36.4 Å². The van der Waals surface area contributed by atoms with E-state index in [1.165, 1.54) is 11.8 Å². The number of aromatic nitrogens is 1. The van der Waals surface area contributed by atoms with Crippen LogP contribution in [0.1, 0.15) is 5.69 Å². The van der Waals surface area contributed by atoms with E-state index < -0.39 is 0 Å². The van der Waals surface area contributed by atoms with Gasteiger partial charge in [0.05, 0.1) is 17.0 Å². The molecule has 0 bridgehead atoms. The third-order valence-electron chi connectivity index (χ3n) is 2.44. The van der Waals surface area contributed by atoms with E-state index in [4.69, 9.17) is 0 Å². The van der Waals surface area contributed by atoms with Crippen molar-refractivity contribution in [1.82, 2.24) is 10.4 Å². The number of carbonyl (C=O) groups is 1. The number of amides is 1. The zero-order chi connectivity index (χ0) is 11.7. The Morgan fingerprint density at radius 3 is 2.88 bits per heavy atom. The van der Waals surface area contributed by atoms with E-state index in [0.29, 0.717) is 5.75 Å². The summed E-state index contributed by atoms with van der Waals surface area (Å²) in [6.07, 6.45) is 0. The van der Waals surface area contributed by atoms with Crippen LogP contribution in [0.2, 0.25) is 0 Å². The van der Waals surface area contributed by atoms with Crippen LogP contribution in [0, 0.1) is 0 Å². The zero-order valence-corrected chi connectivity index (χ0v) is 9.70. The Balaban J connectivity index is 2.03. The number of rotatable bonds is 1. The molecule has 1 aromatic carbocycles. The van der Waals surface area contributed by atoms with Crippen molar-refractivity contribution in [3.8, 4) is 0 Å². The average molecular weight is 243 g/mol. The number of nitrogens with one attached hydrogen (secondary N) is 1. The standard InChI is InChI=1S/C12H9N3OS/c16-11-7-17-12(15-14-11)10-6-5-8-3-1-2-4-9(8)13-10/h1-6H,7H2,(H,14,16). The molecule has 0 spiro atoms. The second-order valence-corrected chi connectivity index (χ2v) is 4.59. The summed E-state index contributed by atoms with van der Waals surface area (Å²) in [6, 6.07) is 11.9. The van der Waals surface area contributed by atoms with Gasteiger partial charge in [-0.2, -0.15) is 5.10 Å². The Hall–Kier alpha value is -1.88. The summed E-state index contributed by atoms with van der Waals surface area (Å²) >= 11 is 1.41. The predicted molar refractivity (Wildman–Crippen MR) is 68.9 cm³/mol. The molecule has 3 rings (SSSR count). The molecule has 84 valence electrons. The monoisotopic (exact) mass is 243 g/mol. The van der Waals surface area contributed by atoms with E-state index >= 15 is 0 Å². The number of pyridine rings is 1. The molecule has 5 heteroatoms. The van der Waals surface area contributed by atoms with Gasteiger partial charge in [0.2, 0.25) is 0 Å². The summed E-state index contributed by atoms with van der Waals surface area (Å²) in [7, 11) is 0. The van der Waals surface area contributed by atoms with Gasteiger partial charge in [-0.3, -0.25) is 4.79 Å². The summed E-state index contributed by atoms with van der Waals surface area (Å²) < 4.78 is 0. The first-order valence-electron chi connectivity index (χ1n) is 5.18. The molecular weight excluding hydrogens is 234 g/mol. The number of hydrogen-bond donors (Lipinski definition) is 1. The second-order valence-electron chi connectivity index (χ2n) is 3.63. The first-order valence-corrected chi connectivity index (χ1v) is 6.17.